The first-order chi connectivity index (χ1) is 9.38. The molecule has 106 valence electrons. The highest BCUT2D eigenvalue weighted by atomic mass is 32.2. The summed E-state index contributed by atoms with van der Waals surface area (Å²) in [5.41, 5.74) is 4.84. The van der Waals surface area contributed by atoms with E-state index in [9.17, 15) is 13.2 Å². The van der Waals surface area contributed by atoms with Crippen molar-refractivity contribution in [1.29, 1.82) is 0 Å². The van der Waals surface area contributed by atoms with Gasteiger partial charge in [0.05, 0.1) is 5.56 Å². The minimum atomic E-state index is -4.37. The van der Waals surface area contributed by atoms with Gasteiger partial charge in [-0.25, -0.2) is 4.98 Å². The fourth-order valence-electron chi connectivity index (χ4n) is 1.40. The van der Waals surface area contributed by atoms with Crippen LogP contribution >= 0.6 is 11.8 Å². The molecular formula is C12H10F3N3OS. The van der Waals surface area contributed by atoms with E-state index in [0.717, 1.165) is 12.1 Å². The number of nitrogens with two attached hydrogens (primary N) is 1. The molecule has 8 heteroatoms. The first kappa shape index (κ1) is 14.4. The fourth-order valence-corrected chi connectivity index (χ4v) is 1.77. The molecule has 0 unspecified atom stereocenters. The second-order valence-corrected chi connectivity index (χ2v) is 4.52. The Morgan fingerprint density at radius 3 is 2.35 bits per heavy atom. The van der Waals surface area contributed by atoms with Crippen molar-refractivity contribution >= 4 is 17.6 Å². The van der Waals surface area contributed by atoms with E-state index in [2.05, 4.69) is 9.97 Å². The third-order valence-corrected chi connectivity index (χ3v) is 2.84. The number of aromatic nitrogens is 2. The summed E-state index contributed by atoms with van der Waals surface area (Å²) in [5, 5.41) is 0.423. The van der Waals surface area contributed by atoms with Crippen molar-refractivity contribution in [2.24, 2.45) is 0 Å². The average Bonchev–Trinajstić information content (AvgIpc) is 2.37. The van der Waals surface area contributed by atoms with Crippen LogP contribution in [0.25, 0.3) is 0 Å². The molecule has 0 atom stereocenters. The van der Waals surface area contributed by atoms with Crippen LogP contribution in [0, 0.1) is 0 Å². The summed E-state index contributed by atoms with van der Waals surface area (Å²) in [6.45, 7) is 0. The molecule has 0 aliphatic heterocycles. The summed E-state index contributed by atoms with van der Waals surface area (Å²) in [6, 6.07) is 5.72. The zero-order chi connectivity index (χ0) is 14.8. The Kier molecular flexibility index (Phi) is 4.03. The lowest BCUT2D eigenvalue weighted by molar-refractivity contribution is -0.137. The van der Waals surface area contributed by atoms with Crippen molar-refractivity contribution in [2.45, 2.75) is 11.3 Å². The molecule has 0 saturated carbocycles. The number of nitrogen functional groups attached to an aromatic ring is 1. The van der Waals surface area contributed by atoms with E-state index in [4.69, 9.17) is 10.5 Å². The number of anilines is 1. The number of thioether (sulfide) groups is 1. The molecule has 2 N–H and O–H groups in total. The molecule has 20 heavy (non-hydrogen) atoms. The second-order valence-electron chi connectivity index (χ2n) is 3.74. The molecule has 0 aliphatic rings. The summed E-state index contributed by atoms with van der Waals surface area (Å²) in [7, 11) is 0. The summed E-state index contributed by atoms with van der Waals surface area (Å²) < 4.78 is 42.6. The monoisotopic (exact) mass is 301 g/mol. The molecule has 0 saturated heterocycles. The number of benzene rings is 1. The van der Waals surface area contributed by atoms with Gasteiger partial charge >= 0.3 is 6.18 Å². The maximum Gasteiger partial charge on any atom is 0.416 e. The highest BCUT2D eigenvalue weighted by Crippen LogP contribution is 2.31. The molecule has 1 heterocycles. The number of hydrogen-bond acceptors (Lipinski definition) is 5. The Labute approximate surface area is 117 Å². The third kappa shape index (κ3) is 3.53. The predicted octanol–water partition coefficient (Wildman–Crippen LogP) is 3.59. The van der Waals surface area contributed by atoms with E-state index in [-0.39, 0.29) is 17.4 Å². The molecule has 0 spiro atoms. The van der Waals surface area contributed by atoms with Crippen LogP contribution in [0.1, 0.15) is 5.56 Å². The number of hydrogen-bond donors (Lipinski definition) is 1. The van der Waals surface area contributed by atoms with E-state index in [1.165, 1.54) is 30.0 Å². The fraction of sp³-hybridized carbons (Fsp3) is 0.167. The molecule has 0 radical (unpaired) electrons. The molecule has 0 aliphatic carbocycles. The van der Waals surface area contributed by atoms with Crippen molar-refractivity contribution in [3.63, 3.8) is 0 Å². The van der Waals surface area contributed by atoms with Crippen LogP contribution < -0.4 is 10.5 Å². The average molecular weight is 301 g/mol. The largest absolute Gasteiger partial charge is 0.439 e. The normalized spacial score (nSPS) is 11.4. The summed E-state index contributed by atoms with van der Waals surface area (Å²) in [4.78, 5) is 7.99. The summed E-state index contributed by atoms with van der Waals surface area (Å²) in [5.74, 6) is 0.649. The van der Waals surface area contributed by atoms with Crippen LogP contribution in [-0.4, -0.2) is 16.2 Å². The zero-order valence-corrected chi connectivity index (χ0v) is 11.1. The number of nitrogens with zero attached hydrogens (tertiary/aromatic N) is 2. The Hall–Kier alpha value is -1.96. The van der Waals surface area contributed by atoms with Crippen LogP contribution in [0.5, 0.6) is 11.6 Å². The predicted molar refractivity (Wildman–Crippen MR) is 69.7 cm³/mol. The molecule has 0 amide bonds. The number of halogens is 3. The lowest BCUT2D eigenvalue weighted by atomic mass is 10.2. The van der Waals surface area contributed by atoms with Gasteiger partial charge < -0.3 is 10.5 Å². The maximum absolute atomic E-state index is 12.4. The van der Waals surface area contributed by atoms with Gasteiger partial charge in [0.1, 0.15) is 11.6 Å². The molecule has 0 fully saturated rings. The van der Waals surface area contributed by atoms with Gasteiger partial charge in [-0.15, -0.1) is 0 Å². The van der Waals surface area contributed by atoms with Crippen molar-refractivity contribution in [3.8, 4) is 11.6 Å². The van der Waals surface area contributed by atoms with Gasteiger partial charge in [-0.2, -0.15) is 18.2 Å². The first-order valence-electron chi connectivity index (χ1n) is 5.42. The Bertz CT molecular complexity index is 602. The van der Waals surface area contributed by atoms with Gasteiger partial charge in [-0.1, -0.05) is 11.8 Å². The molecule has 1 aromatic heterocycles. The minimum absolute atomic E-state index is 0.182. The smallest absolute Gasteiger partial charge is 0.416 e. The van der Waals surface area contributed by atoms with Crippen molar-refractivity contribution in [2.75, 3.05) is 12.0 Å². The minimum Gasteiger partial charge on any atom is -0.439 e. The lowest BCUT2D eigenvalue weighted by Gasteiger charge is -2.09. The van der Waals surface area contributed by atoms with Crippen LogP contribution in [0.2, 0.25) is 0 Å². The van der Waals surface area contributed by atoms with Crippen LogP contribution in [0.3, 0.4) is 0 Å². The van der Waals surface area contributed by atoms with E-state index < -0.39 is 11.7 Å². The van der Waals surface area contributed by atoms with Gasteiger partial charge in [0.25, 0.3) is 0 Å². The SMILES string of the molecule is CSc1nc(N)cc(Oc2ccc(C(F)(F)F)cc2)n1. The van der Waals surface area contributed by atoms with Gasteiger partial charge in [-0.05, 0) is 30.5 Å². The van der Waals surface area contributed by atoms with Crippen molar-refractivity contribution in [1.82, 2.24) is 9.97 Å². The Morgan fingerprint density at radius 2 is 1.80 bits per heavy atom. The maximum atomic E-state index is 12.4. The zero-order valence-electron chi connectivity index (χ0n) is 10.3. The summed E-state index contributed by atoms with van der Waals surface area (Å²) >= 11 is 1.28. The molecule has 1 aromatic carbocycles. The summed E-state index contributed by atoms with van der Waals surface area (Å²) in [6.07, 6.45) is -2.60. The highest BCUT2D eigenvalue weighted by Gasteiger charge is 2.30. The van der Waals surface area contributed by atoms with Gasteiger partial charge in [0, 0.05) is 6.07 Å². The number of alkyl halides is 3. The molecule has 0 bridgehead atoms. The Balaban J connectivity index is 2.20. The second kappa shape index (κ2) is 5.58. The van der Waals surface area contributed by atoms with Gasteiger partial charge in [0.2, 0.25) is 5.88 Å². The lowest BCUT2D eigenvalue weighted by Crippen LogP contribution is -2.04. The van der Waals surface area contributed by atoms with Crippen molar-refractivity contribution in [3.05, 3.63) is 35.9 Å². The van der Waals surface area contributed by atoms with E-state index in [0.29, 0.717) is 5.16 Å². The molecule has 2 aromatic rings. The Morgan fingerprint density at radius 1 is 1.15 bits per heavy atom. The molecular weight excluding hydrogens is 291 g/mol. The standard InChI is InChI=1S/C12H10F3N3OS/c1-20-11-17-9(16)6-10(18-11)19-8-4-2-7(3-5-8)12(13,14)15/h2-6H,1H3,(H2,16,17,18). The number of ether oxygens (including phenoxy) is 1. The van der Waals surface area contributed by atoms with E-state index in [1.807, 2.05) is 0 Å². The molecule has 4 nitrogen and oxygen atoms in total. The molecule has 2 rings (SSSR count). The highest BCUT2D eigenvalue weighted by molar-refractivity contribution is 7.98. The van der Waals surface area contributed by atoms with Crippen molar-refractivity contribution < 1.29 is 17.9 Å². The quantitative estimate of drug-likeness (QED) is 0.693. The number of rotatable bonds is 3. The van der Waals surface area contributed by atoms with Gasteiger partial charge in [-0.3, -0.25) is 0 Å². The van der Waals surface area contributed by atoms with Crippen LogP contribution in [0.15, 0.2) is 35.5 Å². The topological polar surface area (TPSA) is 61.0 Å². The third-order valence-electron chi connectivity index (χ3n) is 2.29. The van der Waals surface area contributed by atoms with Crippen LogP contribution in [-0.2, 0) is 6.18 Å². The van der Waals surface area contributed by atoms with Gasteiger partial charge in [0.15, 0.2) is 5.16 Å². The first-order valence-corrected chi connectivity index (χ1v) is 6.64. The van der Waals surface area contributed by atoms with E-state index >= 15 is 0 Å². The van der Waals surface area contributed by atoms with Crippen LogP contribution in [0.4, 0.5) is 19.0 Å². The van der Waals surface area contributed by atoms with E-state index in [1.54, 1.807) is 6.26 Å².